The number of rotatable bonds is 4. The highest BCUT2D eigenvalue weighted by atomic mass is 16.4. The molecular weight excluding hydrogens is 578 g/mol. The molecule has 0 bridgehead atoms. The summed E-state index contributed by atoms with van der Waals surface area (Å²) in [4.78, 5) is 0. The fourth-order valence-corrected chi connectivity index (χ4v) is 5.53. The first-order chi connectivity index (χ1) is 21.3. The van der Waals surface area contributed by atoms with Gasteiger partial charge in [-0.15, -0.1) is 0 Å². The molecule has 1 aliphatic rings. The van der Waals surface area contributed by atoms with E-state index in [9.17, 15) is 0 Å². The minimum absolute atomic E-state index is 0.469. The molecule has 5 rings (SSSR count). The zero-order chi connectivity index (χ0) is 35.9. The molecule has 0 saturated heterocycles. The number of hydrogen-bond acceptors (Lipinski definition) is 4. The molecule has 0 aromatic heterocycles. The standard InChI is InChI=1S/C29H24B2.2C6H14O2/c1-17-9-18(2)12-21(11-17)29(22-13-19(3)10-20(4)14-22)27-15-23(30)5-7-25(27)26-8-6-24(31)16-28(26)29;2*1-5(2,7)6(3,4)8/h5-16H,1-4H3;2*7-8H,1-4H3. The largest absolute Gasteiger partial charge is 0.387 e. The maximum atomic E-state index is 9.10. The van der Waals surface area contributed by atoms with Crippen LogP contribution in [0.4, 0.5) is 0 Å². The summed E-state index contributed by atoms with van der Waals surface area (Å²) in [7, 11) is 12.7. The molecule has 0 heterocycles. The molecule has 4 N–H and O–H groups in total. The normalized spacial score (nSPS) is 13.9. The van der Waals surface area contributed by atoms with E-state index in [1.807, 2.05) is 12.1 Å². The number of benzene rings is 4. The van der Waals surface area contributed by atoms with Gasteiger partial charge in [-0.05, 0) is 116 Å². The van der Waals surface area contributed by atoms with Gasteiger partial charge in [0.25, 0.3) is 0 Å². The highest BCUT2D eigenvalue weighted by molar-refractivity contribution is 6.33. The van der Waals surface area contributed by atoms with Crippen LogP contribution >= 0.6 is 0 Å². The van der Waals surface area contributed by atoms with Crippen molar-refractivity contribution in [1.82, 2.24) is 0 Å². The number of fused-ring (bicyclic) bond motifs is 3. The second-order valence-corrected chi connectivity index (χ2v) is 15.3. The molecular formula is C41H52B2O4. The summed E-state index contributed by atoms with van der Waals surface area (Å²) in [6, 6.07) is 26.3. The molecule has 1 aliphatic carbocycles. The Balaban J connectivity index is 0.000000312. The molecule has 4 aromatic rings. The predicted molar refractivity (Wildman–Crippen MR) is 199 cm³/mol. The summed E-state index contributed by atoms with van der Waals surface area (Å²) in [5, 5.41) is 36.4. The molecule has 0 fully saturated rings. The van der Waals surface area contributed by atoms with Crippen molar-refractivity contribution in [3.8, 4) is 11.1 Å². The molecule has 0 aliphatic heterocycles. The van der Waals surface area contributed by atoms with Gasteiger partial charge in [-0.2, -0.15) is 0 Å². The van der Waals surface area contributed by atoms with Gasteiger partial charge in [-0.3, -0.25) is 0 Å². The van der Waals surface area contributed by atoms with Crippen molar-refractivity contribution in [2.75, 3.05) is 0 Å². The zero-order valence-corrected chi connectivity index (χ0v) is 30.4. The summed E-state index contributed by atoms with van der Waals surface area (Å²) in [6.07, 6.45) is 0. The van der Waals surface area contributed by atoms with Crippen LogP contribution in [0.3, 0.4) is 0 Å². The van der Waals surface area contributed by atoms with Gasteiger partial charge >= 0.3 is 0 Å². The van der Waals surface area contributed by atoms with E-state index in [0.29, 0.717) is 0 Å². The predicted octanol–water partition coefficient (Wildman–Crippen LogP) is 5.93. The van der Waals surface area contributed by atoms with E-state index in [1.165, 1.54) is 55.6 Å². The molecule has 0 amide bonds. The Morgan fingerprint density at radius 3 is 0.915 bits per heavy atom. The molecule has 0 atom stereocenters. The fourth-order valence-electron chi connectivity index (χ4n) is 5.53. The number of hydrogen-bond donors (Lipinski definition) is 4. The van der Waals surface area contributed by atoms with Crippen molar-refractivity contribution in [2.24, 2.45) is 0 Å². The third-order valence-corrected chi connectivity index (χ3v) is 9.49. The van der Waals surface area contributed by atoms with E-state index in [-0.39, 0.29) is 0 Å². The second-order valence-electron chi connectivity index (χ2n) is 15.3. The van der Waals surface area contributed by atoms with E-state index >= 15 is 0 Å². The SMILES string of the molecule is CC(C)(O)C(C)(C)O.CC(C)(O)C(C)(C)O.[B]c1ccc2c(c1)C(c1cc(C)cc(C)c1)(c1cc(C)cc(C)c1)c1cc([B])ccc1-2. The summed E-state index contributed by atoms with van der Waals surface area (Å²) in [6.45, 7) is 21.3. The van der Waals surface area contributed by atoms with Gasteiger partial charge in [0, 0.05) is 0 Å². The second kappa shape index (κ2) is 13.4. The molecule has 47 heavy (non-hydrogen) atoms. The van der Waals surface area contributed by atoms with Crippen LogP contribution in [0, 0.1) is 27.7 Å². The van der Waals surface area contributed by atoms with Crippen LogP contribution in [-0.4, -0.2) is 58.5 Å². The number of aliphatic hydroxyl groups is 4. The molecule has 4 nitrogen and oxygen atoms in total. The lowest BCUT2D eigenvalue weighted by molar-refractivity contribution is -0.107. The monoisotopic (exact) mass is 630 g/mol. The summed E-state index contributed by atoms with van der Waals surface area (Å²) >= 11 is 0. The van der Waals surface area contributed by atoms with Gasteiger partial charge in [0.05, 0.1) is 27.8 Å². The third-order valence-electron chi connectivity index (χ3n) is 9.49. The Hall–Kier alpha value is -3.15. The lowest BCUT2D eigenvalue weighted by Gasteiger charge is -2.35. The Morgan fingerprint density at radius 2 is 0.681 bits per heavy atom. The topological polar surface area (TPSA) is 80.9 Å². The summed E-state index contributed by atoms with van der Waals surface area (Å²) in [5.74, 6) is 0. The third kappa shape index (κ3) is 8.29. The Labute approximate surface area is 285 Å². The van der Waals surface area contributed by atoms with Crippen LogP contribution in [0.5, 0.6) is 0 Å². The average molecular weight is 630 g/mol. The average Bonchev–Trinajstić information content (AvgIpc) is 3.15. The van der Waals surface area contributed by atoms with Crippen LogP contribution < -0.4 is 10.9 Å². The first kappa shape index (κ1) is 38.3. The smallest absolute Gasteiger partial charge is 0.113 e. The van der Waals surface area contributed by atoms with Crippen LogP contribution in [-0.2, 0) is 5.41 Å². The minimum Gasteiger partial charge on any atom is -0.387 e. The van der Waals surface area contributed by atoms with E-state index in [0.717, 1.165) is 10.9 Å². The lowest BCUT2D eigenvalue weighted by atomic mass is 9.65. The Morgan fingerprint density at radius 1 is 0.426 bits per heavy atom. The van der Waals surface area contributed by atoms with Crippen LogP contribution in [0.1, 0.15) is 99.9 Å². The van der Waals surface area contributed by atoms with Gasteiger partial charge < -0.3 is 20.4 Å². The van der Waals surface area contributed by atoms with Gasteiger partial charge in [0.1, 0.15) is 15.7 Å². The summed E-state index contributed by atoms with van der Waals surface area (Å²) in [5.41, 5.74) is 9.47. The van der Waals surface area contributed by atoms with Crippen molar-refractivity contribution < 1.29 is 20.4 Å². The fraction of sp³-hybridized carbons (Fsp3) is 0.415. The minimum atomic E-state index is -1.01. The van der Waals surface area contributed by atoms with Crippen LogP contribution in [0.2, 0.25) is 0 Å². The quantitative estimate of drug-likeness (QED) is 0.186. The van der Waals surface area contributed by atoms with Crippen LogP contribution in [0.25, 0.3) is 11.1 Å². The van der Waals surface area contributed by atoms with Crippen molar-refractivity contribution >= 4 is 26.6 Å². The first-order valence-corrected chi connectivity index (χ1v) is 16.2. The van der Waals surface area contributed by atoms with E-state index in [1.54, 1.807) is 55.4 Å². The van der Waals surface area contributed by atoms with E-state index < -0.39 is 27.8 Å². The van der Waals surface area contributed by atoms with Gasteiger partial charge in [0.15, 0.2) is 0 Å². The van der Waals surface area contributed by atoms with Crippen LogP contribution in [0.15, 0.2) is 72.8 Å². The lowest BCUT2D eigenvalue weighted by Crippen LogP contribution is -2.44. The highest BCUT2D eigenvalue weighted by Crippen LogP contribution is 2.56. The Bertz CT molecular complexity index is 1540. The zero-order valence-electron chi connectivity index (χ0n) is 30.4. The maximum Gasteiger partial charge on any atom is 0.113 e. The highest BCUT2D eigenvalue weighted by Gasteiger charge is 2.46. The molecule has 0 unspecified atom stereocenters. The van der Waals surface area contributed by atoms with Crippen molar-refractivity contribution in [3.63, 3.8) is 0 Å². The van der Waals surface area contributed by atoms with Crippen molar-refractivity contribution in [3.05, 3.63) is 117 Å². The van der Waals surface area contributed by atoms with E-state index in [2.05, 4.69) is 88.4 Å². The van der Waals surface area contributed by atoms with Crippen molar-refractivity contribution in [2.45, 2.75) is 111 Å². The van der Waals surface area contributed by atoms with Gasteiger partial charge in [0.2, 0.25) is 0 Å². The first-order valence-electron chi connectivity index (χ1n) is 16.2. The molecule has 4 radical (unpaired) electrons. The molecule has 0 spiro atoms. The molecule has 0 saturated carbocycles. The van der Waals surface area contributed by atoms with E-state index in [4.69, 9.17) is 36.1 Å². The Kier molecular flexibility index (Phi) is 10.9. The molecule has 246 valence electrons. The van der Waals surface area contributed by atoms with Gasteiger partial charge in [-0.25, -0.2) is 0 Å². The molecule has 6 heteroatoms. The van der Waals surface area contributed by atoms with Crippen molar-refractivity contribution in [1.29, 1.82) is 0 Å². The number of aryl methyl sites for hydroxylation is 4. The maximum absolute atomic E-state index is 9.10. The summed E-state index contributed by atoms with van der Waals surface area (Å²) < 4.78 is 0. The molecule has 4 aromatic carbocycles. The van der Waals surface area contributed by atoms with Gasteiger partial charge in [-0.1, -0.05) is 106 Å².